The normalized spacial score (nSPS) is 18.2. The Labute approximate surface area is 227 Å². The number of ether oxygens (including phenoxy) is 2. The van der Waals surface area contributed by atoms with Gasteiger partial charge in [0, 0.05) is 39.2 Å². The van der Waals surface area contributed by atoms with Crippen molar-refractivity contribution in [1.82, 2.24) is 15.3 Å². The van der Waals surface area contributed by atoms with Crippen molar-refractivity contribution in [2.24, 2.45) is 11.3 Å². The largest absolute Gasteiger partial charge is 0.495 e. The molecule has 204 valence electrons. The summed E-state index contributed by atoms with van der Waals surface area (Å²) in [7, 11) is 3.08. The molecular formula is C27H27F2N5O4S. The Morgan fingerprint density at radius 3 is 2.51 bits per heavy atom. The SMILES string of the molecule is C=C1C(/C=C(\O)NC(=O)Nc2cccc(Sc3ncnc4cc(OC)c(OC)cc34)c2)C(=N)C(C)(C)C1(F)F. The first kappa shape index (κ1) is 27.8. The van der Waals surface area contributed by atoms with Gasteiger partial charge >= 0.3 is 6.03 Å². The zero-order valence-electron chi connectivity index (χ0n) is 21.6. The molecule has 0 radical (unpaired) electrons. The molecule has 12 heteroatoms. The van der Waals surface area contributed by atoms with Crippen molar-refractivity contribution >= 4 is 40.1 Å². The Morgan fingerprint density at radius 2 is 1.87 bits per heavy atom. The van der Waals surface area contributed by atoms with Gasteiger partial charge in [-0.2, -0.15) is 0 Å². The summed E-state index contributed by atoms with van der Waals surface area (Å²) >= 11 is 1.34. The summed E-state index contributed by atoms with van der Waals surface area (Å²) in [6.45, 7) is 5.90. The zero-order chi connectivity index (χ0) is 28.5. The van der Waals surface area contributed by atoms with Crippen molar-refractivity contribution in [1.29, 1.82) is 5.41 Å². The number of nitrogens with one attached hydrogen (secondary N) is 3. The molecule has 4 N–H and O–H groups in total. The number of benzene rings is 2. The molecule has 1 heterocycles. The van der Waals surface area contributed by atoms with E-state index in [0.717, 1.165) is 16.4 Å². The molecule has 1 aliphatic rings. The Kier molecular flexibility index (Phi) is 7.51. The van der Waals surface area contributed by atoms with Crippen LogP contribution in [0.1, 0.15) is 13.8 Å². The molecule has 2 aromatic carbocycles. The van der Waals surface area contributed by atoms with Crippen molar-refractivity contribution in [3.05, 3.63) is 66.8 Å². The average Bonchev–Trinajstić information content (AvgIpc) is 3.00. The van der Waals surface area contributed by atoms with Crippen LogP contribution < -0.4 is 20.1 Å². The van der Waals surface area contributed by atoms with Crippen molar-refractivity contribution in [3.8, 4) is 11.5 Å². The number of aromatic nitrogens is 2. The molecule has 0 bridgehead atoms. The van der Waals surface area contributed by atoms with E-state index < -0.39 is 34.7 Å². The third kappa shape index (κ3) is 5.24. The van der Waals surface area contributed by atoms with Crippen LogP contribution in [0.2, 0.25) is 0 Å². The lowest BCUT2D eigenvalue weighted by molar-refractivity contribution is -0.0250. The zero-order valence-corrected chi connectivity index (χ0v) is 22.5. The van der Waals surface area contributed by atoms with E-state index in [-0.39, 0.29) is 5.71 Å². The molecule has 3 aromatic rings. The molecule has 9 nitrogen and oxygen atoms in total. The number of nitrogens with zero attached hydrogens (tertiary/aromatic N) is 2. The number of aliphatic hydroxyl groups excluding tert-OH is 1. The summed E-state index contributed by atoms with van der Waals surface area (Å²) in [4.78, 5) is 21.9. The van der Waals surface area contributed by atoms with Crippen molar-refractivity contribution in [2.45, 2.75) is 29.7 Å². The van der Waals surface area contributed by atoms with Crippen molar-refractivity contribution in [2.75, 3.05) is 19.5 Å². The number of carbonyl (C=O) groups excluding carboxylic acids is 1. The van der Waals surface area contributed by atoms with Gasteiger partial charge in [0.1, 0.15) is 11.4 Å². The highest BCUT2D eigenvalue weighted by Crippen LogP contribution is 2.53. The average molecular weight is 556 g/mol. The summed E-state index contributed by atoms with van der Waals surface area (Å²) in [6, 6.07) is 9.67. The van der Waals surface area contributed by atoms with Crippen LogP contribution in [-0.4, -0.2) is 47.0 Å². The van der Waals surface area contributed by atoms with Crippen LogP contribution in [0.15, 0.2) is 76.8 Å². The predicted octanol–water partition coefficient (Wildman–Crippen LogP) is 6.19. The van der Waals surface area contributed by atoms with E-state index in [1.54, 1.807) is 37.4 Å². The quantitative estimate of drug-likeness (QED) is 0.155. The van der Waals surface area contributed by atoms with Gasteiger partial charge in [0.15, 0.2) is 17.4 Å². The minimum absolute atomic E-state index is 0.302. The maximum Gasteiger partial charge on any atom is 0.325 e. The number of hydrogen-bond acceptors (Lipinski definition) is 8. The van der Waals surface area contributed by atoms with Gasteiger partial charge in [0.2, 0.25) is 0 Å². The number of amides is 2. The molecular weight excluding hydrogens is 528 g/mol. The third-order valence-corrected chi connectivity index (χ3v) is 7.53. The monoisotopic (exact) mass is 555 g/mol. The minimum Gasteiger partial charge on any atom is -0.495 e. The highest BCUT2D eigenvalue weighted by molar-refractivity contribution is 7.99. The first-order valence-electron chi connectivity index (χ1n) is 11.7. The number of carbonyl (C=O) groups is 1. The molecule has 4 rings (SSSR count). The molecule has 39 heavy (non-hydrogen) atoms. The number of rotatable bonds is 7. The lowest BCUT2D eigenvalue weighted by atomic mass is 9.85. The van der Waals surface area contributed by atoms with E-state index in [0.29, 0.717) is 27.7 Å². The summed E-state index contributed by atoms with van der Waals surface area (Å²) in [5.41, 5.74) is -1.49. The van der Waals surface area contributed by atoms with Crippen LogP contribution in [0, 0.1) is 16.7 Å². The van der Waals surface area contributed by atoms with E-state index in [1.807, 2.05) is 6.07 Å². The van der Waals surface area contributed by atoms with Gasteiger partial charge in [-0.3, -0.25) is 5.32 Å². The van der Waals surface area contributed by atoms with Crippen LogP contribution in [-0.2, 0) is 0 Å². The Balaban J connectivity index is 1.48. The number of anilines is 1. The maximum absolute atomic E-state index is 14.5. The van der Waals surface area contributed by atoms with Gasteiger partial charge in [0.05, 0.1) is 25.2 Å². The molecule has 1 fully saturated rings. The molecule has 1 unspecified atom stereocenters. The number of halogens is 2. The maximum atomic E-state index is 14.5. The second-order valence-corrected chi connectivity index (χ2v) is 10.3. The molecule has 0 aliphatic heterocycles. The lowest BCUT2D eigenvalue weighted by Gasteiger charge is -2.26. The van der Waals surface area contributed by atoms with Gasteiger partial charge in [-0.05, 0) is 44.2 Å². The van der Waals surface area contributed by atoms with Gasteiger partial charge in [0.25, 0.3) is 5.92 Å². The van der Waals surface area contributed by atoms with Gasteiger partial charge in [-0.25, -0.2) is 23.5 Å². The predicted molar refractivity (Wildman–Crippen MR) is 145 cm³/mol. The highest BCUT2D eigenvalue weighted by Gasteiger charge is 2.61. The molecule has 1 aliphatic carbocycles. The van der Waals surface area contributed by atoms with Gasteiger partial charge in [-0.15, -0.1) is 0 Å². The van der Waals surface area contributed by atoms with Crippen LogP contribution in [0.25, 0.3) is 10.9 Å². The van der Waals surface area contributed by atoms with Crippen LogP contribution in [0.5, 0.6) is 11.5 Å². The fourth-order valence-corrected chi connectivity index (χ4v) is 5.11. The number of fused-ring (bicyclic) bond motifs is 1. The summed E-state index contributed by atoms with van der Waals surface area (Å²) in [6.07, 6.45) is 2.43. The first-order valence-corrected chi connectivity index (χ1v) is 12.5. The minimum atomic E-state index is -3.32. The van der Waals surface area contributed by atoms with Gasteiger partial charge in [-0.1, -0.05) is 24.4 Å². The van der Waals surface area contributed by atoms with Crippen LogP contribution in [0.4, 0.5) is 19.3 Å². The van der Waals surface area contributed by atoms with E-state index in [9.17, 15) is 18.7 Å². The van der Waals surface area contributed by atoms with Gasteiger partial charge < -0.3 is 25.3 Å². The highest BCUT2D eigenvalue weighted by atomic mass is 32.2. The van der Waals surface area contributed by atoms with Crippen LogP contribution >= 0.6 is 11.8 Å². The number of allylic oxidation sites excluding steroid dienone is 2. The van der Waals surface area contributed by atoms with E-state index in [1.165, 1.54) is 39.0 Å². The van der Waals surface area contributed by atoms with E-state index in [4.69, 9.17) is 14.9 Å². The number of alkyl halides is 2. The Bertz CT molecular complexity index is 1480. The number of urea groups is 1. The number of hydrogen-bond donors (Lipinski definition) is 4. The van der Waals surface area contributed by atoms with Crippen molar-refractivity contribution in [3.63, 3.8) is 0 Å². The number of methoxy groups -OCH3 is 2. The molecule has 2 amide bonds. The summed E-state index contributed by atoms with van der Waals surface area (Å²) in [5, 5.41) is 24.5. The fourth-order valence-electron chi connectivity index (χ4n) is 4.18. The Morgan fingerprint density at radius 1 is 1.18 bits per heavy atom. The molecule has 1 atom stereocenters. The smallest absolute Gasteiger partial charge is 0.325 e. The lowest BCUT2D eigenvalue weighted by Crippen LogP contribution is -2.35. The van der Waals surface area contributed by atoms with Crippen molar-refractivity contribution < 1.29 is 28.2 Å². The first-order chi connectivity index (χ1) is 18.4. The summed E-state index contributed by atoms with van der Waals surface area (Å²) in [5.74, 6) is -4.13. The van der Waals surface area contributed by atoms with E-state index >= 15 is 0 Å². The Hall–Kier alpha value is -4.19. The topological polar surface area (TPSA) is 129 Å². The van der Waals surface area contributed by atoms with E-state index in [2.05, 4.69) is 27.2 Å². The standard InChI is InChI=1S/C27H27F2N5O4S/c1-14-17(23(30)26(2,3)27(14,28)29)11-22(35)34-25(36)33-15-7-6-8-16(9-15)39-24-18-10-20(37-4)21(38-5)12-19(18)31-13-32-24/h6-13,17,30,35H,1H2,2-5H3,(H2,33,34,36)/b22-11-,30-23?. The molecule has 1 aromatic heterocycles. The number of aliphatic hydroxyl groups is 1. The fraction of sp³-hybridized carbons (Fsp3) is 0.259. The second kappa shape index (κ2) is 10.5. The molecule has 0 saturated heterocycles. The van der Waals surface area contributed by atoms with Crippen LogP contribution in [0.3, 0.4) is 0 Å². The summed E-state index contributed by atoms with van der Waals surface area (Å²) < 4.78 is 39.7. The molecule has 0 spiro atoms. The molecule has 1 saturated carbocycles. The second-order valence-electron chi connectivity index (χ2n) is 9.28. The third-order valence-electron chi connectivity index (χ3n) is 6.52.